The number of carbonyl (C=O) groups is 1. The van der Waals surface area contributed by atoms with E-state index in [-0.39, 0.29) is 12.1 Å². The van der Waals surface area contributed by atoms with Crippen molar-refractivity contribution in [2.24, 2.45) is 0 Å². The van der Waals surface area contributed by atoms with Gasteiger partial charge in [0.1, 0.15) is 11.6 Å². The second-order valence-corrected chi connectivity index (χ2v) is 7.61. The van der Waals surface area contributed by atoms with E-state index < -0.39 is 0 Å². The first-order chi connectivity index (χ1) is 14.0. The molecule has 156 valence electrons. The summed E-state index contributed by atoms with van der Waals surface area (Å²) in [6.45, 7) is 8.48. The molecule has 1 aromatic carbocycles. The van der Waals surface area contributed by atoms with Crippen molar-refractivity contribution in [1.82, 2.24) is 20.5 Å². The summed E-state index contributed by atoms with van der Waals surface area (Å²) in [4.78, 5) is 21.5. The van der Waals surface area contributed by atoms with Crippen molar-refractivity contribution in [2.45, 2.75) is 26.4 Å². The lowest BCUT2D eigenvalue weighted by atomic mass is 10.0. The van der Waals surface area contributed by atoms with Gasteiger partial charge in [0.25, 0.3) is 0 Å². The van der Waals surface area contributed by atoms with Gasteiger partial charge >= 0.3 is 6.03 Å². The number of ether oxygens (including phenoxy) is 1. The monoisotopic (exact) mass is 397 g/mol. The normalized spacial score (nSPS) is 15.7. The Labute approximate surface area is 173 Å². The summed E-state index contributed by atoms with van der Waals surface area (Å²) in [5.74, 6) is 1.76. The van der Waals surface area contributed by atoms with Crippen LogP contribution in [-0.4, -0.2) is 56.3 Å². The summed E-state index contributed by atoms with van der Waals surface area (Å²) in [6.07, 6.45) is 1.83. The van der Waals surface area contributed by atoms with E-state index >= 15 is 0 Å². The van der Waals surface area contributed by atoms with E-state index in [0.717, 1.165) is 54.4 Å². The van der Waals surface area contributed by atoms with Crippen LogP contribution in [0, 0.1) is 6.92 Å². The zero-order valence-electron chi connectivity index (χ0n) is 17.7. The van der Waals surface area contributed by atoms with Gasteiger partial charge in [0.15, 0.2) is 0 Å². The number of benzene rings is 1. The highest BCUT2D eigenvalue weighted by molar-refractivity contribution is 5.74. The van der Waals surface area contributed by atoms with Gasteiger partial charge in [-0.2, -0.15) is 0 Å². The van der Waals surface area contributed by atoms with Crippen molar-refractivity contribution in [1.29, 1.82) is 0 Å². The van der Waals surface area contributed by atoms with E-state index in [1.165, 1.54) is 0 Å². The quantitative estimate of drug-likeness (QED) is 0.784. The van der Waals surface area contributed by atoms with Crippen molar-refractivity contribution in [3.8, 4) is 5.75 Å². The molecule has 0 aliphatic carbocycles. The zero-order chi connectivity index (χ0) is 20.8. The van der Waals surface area contributed by atoms with Crippen molar-refractivity contribution in [3.05, 3.63) is 53.2 Å². The van der Waals surface area contributed by atoms with Gasteiger partial charge in [0.2, 0.25) is 0 Å². The highest BCUT2D eigenvalue weighted by Crippen LogP contribution is 2.26. The van der Waals surface area contributed by atoms with Crippen LogP contribution in [-0.2, 0) is 6.54 Å². The third-order valence-electron chi connectivity index (χ3n) is 5.29. The van der Waals surface area contributed by atoms with Gasteiger partial charge in [-0.3, -0.25) is 0 Å². The smallest absolute Gasteiger partial charge is 0.315 e. The zero-order valence-corrected chi connectivity index (χ0v) is 17.7. The Balaban J connectivity index is 1.51. The van der Waals surface area contributed by atoms with Crippen LogP contribution in [0.3, 0.4) is 0 Å². The van der Waals surface area contributed by atoms with Crippen LogP contribution < -0.4 is 20.3 Å². The lowest BCUT2D eigenvalue weighted by molar-refractivity contribution is 0.237. The molecule has 0 saturated carbocycles. The van der Waals surface area contributed by atoms with Crippen molar-refractivity contribution in [3.63, 3.8) is 0 Å². The summed E-state index contributed by atoms with van der Waals surface area (Å²) in [5, 5.41) is 5.88. The van der Waals surface area contributed by atoms with Crippen LogP contribution in [0.2, 0.25) is 0 Å². The summed E-state index contributed by atoms with van der Waals surface area (Å²) in [5.41, 5.74) is 3.06. The maximum Gasteiger partial charge on any atom is 0.315 e. The predicted molar refractivity (Wildman–Crippen MR) is 115 cm³/mol. The molecule has 1 aliphatic heterocycles. The highest BCUT2D eigenvalue weighted by Gasteiger charge is 2.16. The number of piperazine rings is 1. The van der Waals surface area contributed by atoms with Crippen molar-refractivity contribution in [2.75, 3.05) is 45.2 Å². The number of urea groups is 1. The molecule has 1 aromatic heterocycles. The van der Waals surface area contributed by atoms with Gasteiger partial charge in [-0.15, -0.1) is 0 Å². The number of hydrogen-bond donors (Lipinski definition) is 2. The lowest BCUT2D eigenvalue weighted by Gasteiger charge is -2.33. The number of methoxy groups -OCH3 is 1. The van der Waals surface area contributed by atoms with Crippen LogP contribution in [0.4, 0.5) is 10.6 Å². The SMILES string of the molecule is COc1ccc(C)cc1C(C)NC(=O)NCc1ccc(N2CCN(C)CC2)nc1. The van der Waals surface area contributed by atoms with Gasteiger partial charge in [0, 0.05) is 44.5 Å². The van der Waals surface area contributed by atoms with Crippen LogP contribution in [0.1, 0.15) is 29.7 Å². The molecule has 1 aliphatic rings. The van der Waals surface area contributed by atoms with E-state index in [1.54, 1.807) is 7.11 Å². The number of aromatic nitrogens is 1. The third kappa shape index (κ3) is 5.60. The summed E-state index contributed by atoms with van der Waals surface area (Å²) < 4.78 is 5.41. The number of anilines is 1. The molecule has 3 rings (SSSR count). The largest absolute Gasteiger partial charge is 0.496 e. The first-order valence-electron chi connectivity index (χ1n) is 10.0. The highest BCUT2D eigenvalue weighted by atomic mass is 16.5. The Hall–Kier alpha value is -2.80. The van der Waals surface area contributed by atoms with Crippen LogP contribution >= 0.6 is 0 Å². The first-order valence-corrected chi connectivity index (χ1v) is 10.0. The number of amides is 2. The van der Waals surface area contributed by atoms with E-state index in [4.69, 9.17) is 4.74 Å². The first kappa shape index (κ1) is 20.9. The van der Waals surface area contributed by atoms with Crippen molar-refractivity contribution >= 4 is 11.8 Å². The molecule has 7 heteroatoms. The standard InChI is InChI=1S/C22H31N5O2/c1-16-5-7-20(29-4)19(13-16)17(2)25-22(28)24-15-18-6-8-21(23-14-18)27-11-9-26(3)10-12-27/h5-8,13-14,17H,9-12,15H2,1-4H3,(H2,24,25,28). The average Bonchev–Trinajstić information content (AvgIpc) is 2.73. The molecule has 0 radical (unpaired) electrons. The third-order valence-corrected chi connectivity index (χ3v) is 5.29. The number of pyridine rings is 1. The number of aryl methyl sites for hydroxylation is 1. The summed E-state index contributed by atoms with van der Waals surface area (Å²) in [7, 11) is 3.78. The fraction of sp³-hybridized carbons (Fsp3) is 0.455. The summed E-state index contributed by atoms with van der Waals surface area (Å²) in [6, 6.07) is 9.62. The molecule has 1 saturated heterocycles. The van der Waals surface area contributed by atoms with E-state index in [2.05, 4.69) is 32.5 Å². The van der Waals surface area contributed by atoms with Crippen LogP contribution in [0.25, 0.3) is 0 Å². The Kier molecular flexibility index (Phi) is 6.93. The second-order valence-electron chi connectivity index (χ2n) is 7.61. The van der Waals surface area contributed by atoms with Crippen LogP contribution in [0.5, 0.6) is 5.75 Å². The Bertz CT molecular complexity index is 816. The molecule has 1 unspecified atom stereocenters. The Morgan fingerprint density at radius 2 is 1.97 bits per heavy atom. The molecule has 2 heterocycles. The average molecular weight is 398 g/mol. The van der Waals surface area contributed by atoms with E-state index in [1.807, 2.05) is 50.4 Å². The van der Waals surface area contributed by atoms with Crippen LogP contribution in [0.15, 0.2) is 36.5 Å². The topological polar surface area (TPSA) is 69.7 Å². The molecular formula is C22H31N5O2. The minimum atomic E-state index is -0.218. The molecule has 1 fully saturated rings. The number of nitrogens with zero attached hydrogens (tertiary/aromatic N) is 3. The Morgan fingerprint density at radius 3 is 2.62 bits per heavy atom. The number of carbonyl (C=O) groups excluding carboxylic acids is 1. The molecule has 2 N–H and O–H groups in total. The Morgan fingerprint density at radius 1 is 1.21 bits per heavy atom. The van der Waals surface area contributed by atoms with Gasteiger partial charge in [-0.1, -0.05) is 23.8 Å². The second kappa shape index (κ2) is 9.60. The minimum Gasteiger partial charge on any atom is -0.496 e. The maximum atomic E-state index is 12.3. The summed E-state index contributed by atoms with van der Waals surface area (Å²) >= 11 is 0. The van der Waals surface area contributed by atoms with E-state index in [0.29, 0.717) is 6.54 Å². The molecule has 2 aromatic rings. The number of likely N-dealkylation sites (N-methyl/N-ethyl adjacent to an activating group) is 1. The molecule has 2 amide bonds. The molecule has 0 spiro atoms. The van der Waals surface area contributed by atoms with Crippen molar-refractivity contribution < 1.29 is 9.53 Å². The predicted octanol–water partition coefficient (Wildman–Crippen LogP) is 2.71. The number of rotatable bonds is 6. The van der Waals surface area contributed by atoms with Gasteiger partial charge in [0.05, 0.1) is 13.2 Å². The van der Waals surface area contributed by atoms with Gasteiger partial charge < -0.3 is 25.2 Å². The molecule has 1 atom stereocenters. The molecule has 29 heavy (non-hydrogen) atoms. The van der Waals surface area contributed by atoms with Gasteiger partial charge in [-0.05, 0) is 38.6 Å². The molecule has 7 nitrogen and oxygen atoms in total. The lowest BCUT2D eigenvalue weighted by Crippen LogP contribution is -2.44. The number of nitrogens with one attached hydrogen (secondary N) is 2. The van der Waals surface area contributed by atoms with E-state index in [9.17, 15) is 4.79 Å². The molecule has 0 bridgehead atoms. The fourth-order valence-electron chi connectivity index (χ4n) is 3.44. The minimum absolute atomic E-state index is 0.164. The number of hydrogen-bond acceptors (Lipinski definition) is 5. The molecular weight excluding hydrogens is 366 g/mol. The maximum absolute atomic E-state index is 12.3. The fourth-order valence-corrected chi connectivity index (χ4v) is 3.44. The van der Waals surface area contributed by atoms with Gasteiger partial charge in [-0.25, -0.2) is 9.78 Å².